The summed E-state index contributed by atoms with van der Waals surface area (Å²) in [7, 11) is 1.32. The van der Waals surface area contributed by atoms with Crippen molar-refractivity contribution < 1.29 is 9.53 Å². The molecular weight excluding hydrogens is 278 g/mol. The lowest BCUT2D eigenvalue weighted by Crippen LogP contribution is -2.06. The van der Waals surface area contributed by atoms with Crippen molar-refractivity contribution in [2.75, 3.05) is 23.9 Å². The topological polar surface area (TPSA) is 90.4 Å². The minimum Gasteiger partial charge on any atom is -0.465 e. The average molecular weight is 292 g/mol. The first-order chi connectivity index (χ1) is 9.51. The van der Waals surface area contributed by atoms with E-state index >= 15 is 0 Å². The summed E-state index contributed by atoms with van der Waals surface area (Å²) >= 11 is 5.95. The van der Waals surface area contributed by atoms with Gasteiger partial charge < -0.3 is 21.5 Å². The van der Waals surface area contributed by atoms with Crippen molar-refractivity contribution >= 4 is 40.3 Å². The Bertz CT molecular complexity index is 659. The summed E-state index contributed by atoms with van der Waals surface area (Å²) in [5.41, 5.74) is 14.1. The van der Waals surface area contributed by atoms with E-state index in [2.05, 4.69) is 5.32 Å². The predicted molar refractivity (Wildman–Crippen MR) is 81.3 cm³/mol. The Kier molecular flexibility index (Phi) is 4.00. The summed E-state index contributed by atoms with van der Waals surface area (Å²) in [6.07, 6.45) is 0. The molecule has 2 aromatic rings. The van der Waals surface area contributed by atoms with E-state index < -0.39 is 5.97 Å². The largest absolute Gasteiger partial charge is 0.465 e. The van der Waals surface area contributed by atoms with Gasteiger partial charge in [-0.2, -0.15) is 0 Å². The zero-order chi connectivity index (χ0) is 14.7. The Morgan fingerprint density at radius 2 is 1.90 bits per heavy atom. The maximum absolute atomic E-state index is 11.7. The van der Waals surface area contributed by atoms with Crippen molar-refractivity contribution in [2.24, 2.45) is 0 Å². The van der Waals surface area contributed by atoms with Crippen molar-refractivity contribution in [3.8, 4) is 0 Å². The molecule has 5 nitrogen and oxygen atoms in total. The highest BCUT2D eigenvalue weighted by Gasteiger charge is 2.13. The fourth-order valence-electron chi connectivity index (χ4n) is 1.74. The minimum atomic E-state index is -0.466. The van der Waals surface area contributed by atoms with Gasteiger partial charge >= 0.3 is 5.97 Å². The molecule has 0 aliphatic heterocycles. The summed E-state index contributed by atoms with van der Waals surface area (Å²) in [4.78, 5) is 11.7. The zero-order valence-electron chi connectivity index (χ0n) is 10.8. The molecule has 2 aromatic carbocycles. The Morgan fingerprint density at radius 1 is 1.15 bits per heavy atom. The quantitative estimate of drug-likeness (QED) is 0.597. The van der Waals surface area contributed by atoms with E-state index in [9.17, 15) is 4.79 Å². The van der Waals surface area contributed by atoms with Crippen LogP contribution in [0.3, 0.4) is 0 Å². The third-order valence-corrected chi connectivity index (χ3v) is 2.97. The maximum atomic E-state index is 11.7. The van der Waals surface area contributed by atoms with Crippen LogP contribution >= 0.6 is 11.6 Å². The van der Waals surface area contributed by atoms with Gasteiger partial charge in [-0.05, 0) is 36.4 Å². The van der Waals surface area contributed by atoms with Crippen LogP contribution in [0, 0.1) is 0 Å². The second-order valence-corrected chi connectivity index (χ2v) is 4.59. The molecule has 0 aliphatic carbocycles. The van der Waals surface area contributed by atoms with Gasteiger partial charge in [-0.15, -0.1) is 0 Å². The Balaban J connectivity index is 2.44. The number of esters is 1. The molecule has 0 bridgehead atoms. The number of ether oxygens (including phenoxy) is 1. The Morgan fingerprint density at radius 3 is 2.60 bits per heavy atom. The molecule has 0 aromatic heterocycles. The molecule has 104 valence electrons. The molecule has 5 N–H and O–H groups in total. The van der Waals surface area contributed by atoms with Gasteiger partial charge in [0.25, 0.3) is 0 Å². The van der Waals surface area contributed by atoms with E-state index in [1.807, 2.05) is 0 Å². The number of hydrogen-bond acceptors (Lipinski definition) is 5. The number of hydrogen-bond donors (Lipinski definition) is 3. The Labute approximate surface area is 121 Å². The SMILES string of the molecule is COC(=O)c1ccc(Cl)cc1Nc1cc(N)ccc1N. The lowest BCUT2D eigenvalue weighted by Gasteiger charge is -2.13. The fourth-order valence-corrected chi connectivity index (χ4v) is 1.91. The highest BCUT2D eigenvalue weighted by Crippen LogP contribution is 2.29. The van der Waals surface area contributed by atoms with Crippen LogP contribution in [0.1, 0.15) is 10.4 Å². The van der Waals surface area contributed by atoms with Gasteiger partial charge in [0.1, 0.15) is 0 Å². The molecule has 0 amide bonds. The second-order valence-electron chi connectivity index (χ2n) is 4.15. The Hall–Kier alpha value is -2.40. The molecule has 0 radical (unpaired) electrons. The summed E-state index contributed by atoms with van der Waals surface area (Å²) in [5.74, 6) is -0.466. The van der Waals surface area contributed by atoms with Gasteiger partial charge in [0, 0.05) is 10.7 Å². The number of benzene rings is 2. The van der Waals surface area contributed by atoms with Crippen LogP contribution < -0.4 is 16.8 Å². The smallest absolute Gasteiger partial charge is 0.339 e. The van der Waals surface area contributed by atoms with Gasteiger partial charge in [-0.1, -0.05) is 11.6 Å². The van der Waals surface area contributed by atoms with Crippen LogP contribution in [0.4, 0.5) is 22.7 Å². The summed E-state index contributed by atoms with van der Waals surface area (Å²) < 4.78 is 4.73. The molecule has 0 saturated heterocycles. The van der Waals surface area contributed by atoms with Gasteiger partial charge in [0.05, 0.1) is 29.7 Å². The van der Waals surface area contributed by atoms with Crippen molar-refractivity contribution in [1.29, 1.82) is 0 Å². The summed E-state index contributed by atoms with van der Waals surface area (Å²) in [5, 5.41) is 3.54. The van der Waals surface area contributed by atoms with E-state index in [4.69, 9.17) is 27.8 Å². The monoisotopic (exact) mass is 291 g/mol. The third kappa shape index (κ3) is 2.95. The number of nitrogens with two attached hydrogens (primary N) is 2. The highest BCUT2D eigenvalue weighted by atomic mass is 35.5. The lowest BCUT2D eigenvalue weighted by atomic mass is 10.1. The fraction of sp³-hybridized carbons (Fsp3) is 0.0714. The van der Waals surface area contributed by atoms with Gasteiger partial charge in [0.2, 0.25) is 0 Å². The summed E-state index contributed by atoms with van der Waals surface area (Å²) in [6.45, 7) is 0. The molecule has 0 unspecified atom stereocenters. The second kappa shape index (κ2) is 5.71. The van der Waals surface area contributed by atoms with Crippen molar-refractivity contribution in [3.05, 3.63) is 47.0 Å². The highest BCUT2D eigenvalue weighted by molar-refractivity contribution is 6.31. The molecule has 0 fully saturated rings. The molecule has 2 rings (SSSR count). The van der Waals surface area contributed by atoms with Crippen LogP contribution in [0.15, 0.2) is 36.4 Å². The van der Waals surface area contributed by atoms with E-state index in [1.165, 1.54) is 7.11 Å². The molecule has 0 atom stereocenters. The third-order valence-electron chi connectivity index (χ3n) is 2.73. The van der Waals surface area contributed by atoms with Gasteiger partial charge in [0.15, 0.2) is 0 Å². The molecule has 0 aliphatic rings. The van der Waals surface area contributed by atoms with Crippen molar-refractivity contribution in [2.45, 2.75) is 0 Å². The number of anilines is 4. The van der Waals surface area contributed by atoms with Crippen LogP contribution in [0.5, 0.6) is 0 Å². The van der Waals surface area contributed by atoms with Crippen LogP contribution in [-0.4, -0.2) is 13.1 Å². The van der Waals surface area contributed by atoms with E-state index in [1.54, 1.807) is 36.4 Å². The predicted octanol–water partition coefficient (Wildman–Crippen LogP) is 3.03. The molecule has 20 heavy (non-hydrogen) atoms. The van der Waals surface area contributed by atoms with Gasteiger partial charge in [-0.3, -0.25) is 0 Å². The zero-order valence-corrected chi connectivity index (χ0v) is 11.6. The average Bonchev–Trinajstić information content (AvgIpc) is 2.42. The number of carbonyl (C=O) groups excluding carboxylic acids is 1. The first-order valence-electron chi connectivity index (χ1n) is 5.81. The number of carbonyl (C=O) groups is 1. The first kappa shape index (κ1) is 14.0. The van der Waals surface area contributed by atoms with Crippen LogP contribution in [0.2, 0.25) is 5.02 Å². The number of rotatable bonds is 3. The van der Waals surface area contributed by atoms with E-state index in [0.29, 0.717) is 33.3 Å². The maximum Gasteiger partial charge on any atom is 0.339 e. The molecule has 0 heterocycles. The lowest BCUT2D eigenvalue weighted by molar-refractivity contribution is 0.0602. The van der Waals surface area contributed by atoms with Crippen molar-refractivity contribution in [1.82, 2.24) is 0 Å². The van der Waals surface area contributed by atoms with Crippen LogP contribution in [0.25, 0.3) is 0 Å². The van der Waals surface area contributed by atoms with Crippen molar-refractivity contribution in [3.63, 3.8) is 0 Å². The van der Waals surface area contributed by atoms with E-state index in [0.717, 1.165) is 0 Å². The first-order valence-corrected chi connectivity index (χ1v) is 6.19. The van der Waals surface area contributed by atoms with Crippen LogP contribution in [-0.2, 0) is 4.74 Å². The number of nitrogens with one attached hydrogen (secondary N) is 1. The van der Waals surface area contributed by atoms with Gasteiger partial charge in [-0.25, -0.2) is 4.79 Å². The number of nitrogen functional groups attached to an aromatic ring is 2. The molecule has 0 spiro atoms. The number of halogens is 1. The molecule has 6 heteroatoms. The number of methoxy groups -OCH3 is 1. The standard InChI is InChI=1S/C14H14ClN3O2/c1-20-14(19)10-4-2-8(15)6-12(10)18-13-7-9(16)3-5-11(13)17/h2-7,18H,16-17H2,1H3. The minimum absolute atomic E-state index is 0.360. The summed E-state index contributed by atoms with van der Waals surface area (Å²) in [6, 6.07) is 9.87. The van der Waals surface area contributed by atoms with E-state index in [-0.39, 0.29) is 0 Å². The normalized spacial score (nSPS) is 10.1. The molecular formula is C14H14ClN3O2. The molecule has 0 saturated carbocycles.